The summed E-state index contributed by atoms with van der Waals surface area (Å²) in [5.74, 6) is 0. The summed E-state index contributed by atoms with van der Waals surface area (Å²) in [5.41, 5.74) is 2.91. The van der Waals surface area contributed by atoms with Crippen LogP contribution in [0.25, 0.3) is 21.5 Å². The molecule has 0 radical (unpaired) electrons. The first-order chi connectivity index (χ1) is 21.5. The molecule has 0 bridgehead atoms. The van der Waals surface area contributed by atoms with Gasteiger partial charge in [0.2, 0.25) is 0 Å². The van der Waals surface area contributed by atoms with Crippen LogP contribution in [0.3, 0.4) is 0 Å². The van der Waals surface area contributed by atoms with Crippen molar-refractivity contribution in [1.29, 1.82) is 0 Å². The number of rotatable bonds is 6. The Labute approximate surface area is 253 Å². The largest absolute Gasteiger partial charge is 0.323 e. The van der Waals surface area contributed by atoms with Crippen molar-refractivity contribution in [2.75, 3.05) is 31.9 Å². The summed E-state index contributed by atoms with van der Waals surface area (Å²) in [6.45, 7) is 0. The summed E-state index contributed by atoms with van der Waals surface area (Å²) >= 11 is 0. The van der Waals surface area contributed by atoms with Crippen molar-refractivity contribution >= 4 is 73.8 Å². The first-order valence-electron chi connectivity index (χ1n) is 13.9. The van der Waals surface area contributed by atoms with Crippen molar-refractivity contribution in [2.24, 2.45) is 0 Å². The molecule has 216 valence electrons. The normalized spacial score (nSPS) is 10.5. The van der Waals surface area contributed by atoms with Crippen molar-refractivity contribution in [3.63, 3.8) is 0 Å². The molecule has 0 unspecified atom stereocenters. The number of benzene rings is 6. The van der Waals surface area contributed by atoms with Crippen LogP contribution >= 0.6 is 0 Å². The number of anilines is 6. The van der Waals surface area contributed by atoms with Gasteiger partial charge in [0.25, 0.3) is 0 Å². The summed E-state index contributed by atoms with van der Waals surface area (Å²) in [6, 6.07) is 39.1. The zero-order valence-electron chi connectivity index (χ0n) is 23.4. The fourth-order valence-corrected chi connectivity index (χ4v) is 4.90. The highest BCUT2D eigenvalue weighted by molar-refractivity contribution is 6.11. The van der Waals surface area contributed by atoms with Crippen LogP contribution in [0.15, 0.2) is 133 Å². The van der Waals surface area contributed by atoms with Crippen molar-refractivity contribution in [2.45, 2.75) is 0 Å². The first-order valence-corrected chi connectivity index (χ1v) is 13.9. The minimum Gasteiger partial charge on any atom is -0.307 e. The van der Waals surface area contributed by atoms with E-state index in [0.717, 1.165) is 21.5 Å². The summed E-state index contributed by atoms with van der Waals surface area (Å²) < 4.78 is 0. The van der Waals surface area contributed by atoms with E-state index in [1.807, 2.05) is 84.9 Å². The second-order valence-electron chi connectivity index (χ2n) is 9.88. The van der Waals surface area contributed by atoms with Gasteiger partial charge in [-0.25, -0.2) is 14.4 Å². The molecule has 9 nitrogen and oxygen atoms in total. The van der Waals surface area contributed by atoms with E-state index in [-0.39, 0.29) is 0 Å². The minimum absolute atomic E-state index is 0.386. The van der Waals surface area contributed by atoms with Crippen LogP contribution in [-0.2, 0) is 0 Å². The van der Waals surface area contributed by atoms with Gasteiger partial charge in [0.1, 0.15) is 0 Å². The Hall–Kier alpha value is -6.35. The van der Waals surface area contributed by atoms with Gasteiger partial charge in [-0.3, -0.25) is 0 Å². The maximum Gasteiger partial charge on any atom is 0.323 e. The molecule has 0 saturated heterocycles. The maximum absolute atomic E-state index is 13.1. The number of carbonyl (C=O) groups is 3. The zero-order chi connectivity index (χ0) is 30.3. The average Bonchev–Trinajstić information content (AvgIpc) is 3.03. The number of hydrogen-bond acceptors (Lipinski definition) is 3. The Kier molecular flexibility index (Phi) is 8.00. The lowest BCUT2D eigenvalue weighted by Crippen LogP contribution is -2.24. The van der Waals surface area contributed by atoms with Crippen LogP contribution in [0.1, 0.15) is 0 Å². The van der Waals surface area contributed by atoms with E-state index in [2.05, 4.69) is 31.9 Å². The molecule has 6 aromatic carbocycles. The predicted octanol–water partition coefficient (Wildman–Crippen LogP) is 8.92. The number of para-hydroxylation sites is 4. The van der Waals surface area contributed by atoms with Crippen LogP contribution in [0.5, 0.6) is 0 Å². The Morgan fingerprint density at radius 2 is 0.545 bits per heavy atom. The zero-order valence-corrected chi connectivity index (χ0v) is 23.4. The van der Waals surface area contributed by atoms with Gasteiger partial charge in [-0.15, -0.1) is 0 Å². The second kappa shape index (κ2) is 12.7. The van der Waals surface area contributed by atoms with Gasteiger partial charge in [-0.05, 0) is 47.2 Å². The van der Waals surface area contributed by atoms with Crippen LogP contribution in [0.2, 0.25) is 0 Å². The summed E-state index contributed by atoms with van der Waals surface area (Å²) in [7, 11) is 0. The number of hydrogen-bond donors (Lipinski definition) is 6. The molecule has 0 aliphatic heterocycles. The fraction of sp³-hybridized carbons (Fsp3) is 0. The lowest BCUT2D eigenvalue weighted by molar-refractivity contribution is 0.261. The summed E-state index contributed by atoms with van der Waals surface area (Å²) in [5, 5.41) is 20.8. The average molecular weight is 581 g/mol. The van der Waals surface area contributed by atoms with E-state index in [1.54, 1.807) is 48.5 Å². The van der Waals surface area contributed by atoms with E-state index in [0.29, 0.717) is 34.1 Å². The molecule has 6 aromatic rings. The number of amides is 6. The predicted molar refractivity (Wildman–Crippen MR) is 179 cm³/mol. The molecular formula is C35H28N6O3. The Morgan fingerprint density at radius 3 is 0.909 bits per heavy atom. The highest BCUT2D eigenvalue weighted by atomic mass is 16.2. The Bertz CT molecular complexity index is 1860. The first kappa shape index (κ1) is 27.8. The minimum atomic E-state index is -0.558. The fourth-order valence-electron chi connectivity index (χ4n) is 4.90. The number of nitrogens with one attached hydrogen (secondary N) is 6. The molecule has 0 spiro atoms. The van der Waals surface area contributed by atoms with E-state index in [4.69, 9.17) is 0 Å². The van der Waals surface area contributed by atoms with Crippen LogP contribution in [0, 0.1) is 0 Å². The van der Waals surface area contributed by atoms with Gasteiger partial charge in [-0.2, -0.15) is 0 Å². The third-order valence-electron chi connectivity index (χ3n) is 6.92. The van der Waals surface area contributed by atoms with Crippen LogP contribution in [-0.4, -0.2) is 18.1 Å². The SMILES string of the molecule is O=C(Nc1ccccc1NC(=O)Nc1cccc2ccccc12)Nc1ccccc1NC(=O)Nc1cccc2ccccc12. The third-order valence-corrected chi connectivity index (χ3v) is 6.92. The molecule has 6 N–H and O–H groups in total. The van der Waals surface area contributed by atoms with Crippen molar-refractivity contribution in [3.05, 3.63) is 133 Å². The molecule has 0 saturated carbocycles. The number of fused-ring (bicyclic) bond motifs is 2. The van der Waals surface area contributed by atoms with Crippen molar-refractivity contribution in [3.8, 4) is 0 Å². The standard InChI is InChI=1S/C35H28N6O3/c42-33(36-27-21-9-13-23-11-1-3-15-25(23)27)38-29-17-5-7-19-31(29)40-35(44)41-32-20-8-6-18-30(32)39-34(43)37-28-22-10-14-24-12-2-4-16-26(24)28/h1-22H,(H2,36,38,42)(H2,37,39,43)(H2,40,41,44). The summed E-state index contributed by atoms with van der Waals surface area (Å²) in [6.07, 6.45) is 0. The van der Waals surface area contributed by atoms with E-state index in [1.165, 1.54) is 0 Å². The topological polar surface area (TPSA) is 123 Å². The molecular weight excluding hydrogens is 552 g/mol. The number of urea groups is 3. The third kappa shape index (κ3) is 6.42. The van der Waals surface area contributed by atoms with E-state index >= 15 is 0 Å². The smallest absolute Gasteiger partial charge is 0.307 e. The van der Waals surface area contributed by atoms with Gasteiger partial charge >= 0.3 is 18.1 Å². The highest BCUT2D eigenvalue weighted by Crippen LogP contribution is 2.27. The van der Waals surface area contributed by atoms with Gasteiger partial charge in [0, 0.05) is 10.8 Å². The molecule has 0 aromatic heterocycles. The van der Waals surface area contributed by atoms with Crippen LogP contribution in [0.4, 0.5) is 48.5 Å². The molecule has 0 heterocycles. The van der Waals surface area contributed by atoms with Gasteiger partial charge in [0.15, 0.2) is 0 Å². The lowest BCUT2D eigenvalue weighted by atomic mass is 10.1. The molecule has 6 rings (SSSR count). The number of carbonyl (C=O) groups excluding carboxylic acids is 3. The van der Waals surface area contributed by atoms with Crippen LogP contribution < -0.4 is 31.9 Å². The molecule has 0 aliphatic carbocycles. The van der Waals surface area contributed by atoms with Gasteiger partial charge < -0.3 is 31.9 Å². The Morgan fingerprint density at radius 1 is 0.295 bits per heavy atom. The molecule has 0 atom stereocenters. The van der Waals surface area contributed by atoms with Crippen molar-refractivity contribution < 1.29 is 14.4 Å². The van der Waals surface area contributed by atoms with E-state index in [9.17, 15) is 14.4 Å². The Balaban J connectivity index is 1.11. The molecule has 6 amide bonds. The summed E-state index contributed by atoms with van der Waals surface area (Å²) in [4.78, 5) is 38.9. The lowest BCUT2D eigenvalue weighted by Gasteiger charge is -2.16. The molecule has 44 heavy (non-hydrogen) atoms. The van der Waals surface area contributed by atoms with Crippen molar-refractivity contribution in [1.82, 2.24) is 0 Å². The van der Waals surface area contributed by atoms with Gasteiger partial charge in [-0.1, -0.05) is 97.1 Å². The maximum atomic E-state index is 13.1. The quantitative estimate of drug-likeness (QED) is 0.118. The second-order valence-corrected chi connectivity index (χ2v) is 9.88. The van der Waals surface area contributed by atoms with Gasteiger partial charge in [0.05, 0.1) is 34.1 Å². The monoisotopic (exact) mass is 580 g/mol. The molecule has 0 aliphatic rings. The molecule has 9 heteroatoms. The molecule has 0 fully saturated rings. The van der Waals surface area contributed by atoms with E-state index < -0.39 is 18.1 Å². The highest BCUT2D eigenvalue weighted by Gasteiger charge is 2.14.